The van der Waals surface area contributed by atoms with Crippen LogP contribution in [-0.4, -0.2) is 56.4 Å². The van der Waals surface area contributed by atoms with Gasteiger partial charge in [0.2, 0.25) is 5.91 Å². The fourth-order valence-corrected chi connectivity index (χ4v) is 4.85. The number of amides is 1. The summed E-state index contributed by atoms with van der Waals surface area (Å²) in [5, 5.41) is 2.30. The Bertz CT molecular complexity index is 408. The van der Waals surface area contributed by atoms with Gasteiger partial charge in [0.05, 0.1) is 5.75 Å². The average Bonchev–Trinajstić information content (AvgIpc) is 2.76. The molecule has 2 aliphatic rings. The molecule has 1 N–H and O–H groups in total. The van der Waals surface area contributed by atoms with Gasteiger partial charge in [-0.25, -0.2) is 8.42 Å². The van der Waals surface area contributed by atoms with Crippen molar-refractivity contribution in [2.45, 2.75) is 43.4 Å². The molecule has 2 unspecified atom stereocenters. The summed E-state index contributed by atoms with van der Waals surface area (Å²) < 4.78 is 24.0. The van der Waals surface area contributed by atoms with E-state index in [2.05, 4.69) is 5.32 Å². The van der Waals surface area contributed by atoms with E-state index in [1.807, 2.05) is 7.05 Å². The molecular formula is C12H22N2O3S. The number of nitrogens with zero attached hydrogens (tertiary/aromatic N) is 1. The second kappa shape index (κ2) is 5.57. The maximum atomic E-state index is 12.4. The molecule has 0 spiro atoms. The predicted molar refractivity (Wildman–Crippen MR) is 70.1 cm³/mol. The summed E-state index contributed by atoms with van der Waals surface area (Å²) in [4.78, 5) is 14.2. The maximum absolute atomic E-state index is 12.4. The van der Waals surface area contributed by atoms with Gasteiger partial charge in [-0.05, 0) is 32.7 Å². The van der Waals surface area contributed by atoms with Gasteiger partial charge in [-0.3, -0.25) is 4.79 Å². The molecule has 0 aromatic heterocycles. The average molecular weight is 274 g/mol. The summed E-state index contributed by atoms with van der Waals surface area (Å²) in [6, 6.07) is 0.166. The third-order valence-electron chi connectivity index (χ3n) is 3.95. The molecule has 5 nitrogen and oxygen atoms in total. The first kappa shape index (κ1) is 13.8. The van der Waals surface area contributed by atoms with E-state index in [9.17, 15) is 13.2 Å². The molecule has 1 amide bonds. The first-order chi connectivity index (χ1) is 8.56. The summed E-state index contributed by atoms with van der Waals surface area (Å²) in [7, 11) is -1.35. The summed E-state index contributed by atoms with van der Waals surface area (Å²) in [5.74, 6) is 0.0148. The highest BCUT2D eigenvalue weighted by atomic mass is 32.2. The minimum atomic E-state index is -3.21. The molecule has 2 rings (SSSR count). The normalized spacial score (nSPS) is 31.5. The molecule has 2 heterocycles. The van der Waals surface area contributed by atoms with E-state index >= 15 is 0 Å². The molecule has 0 saturated carbocycles. The highest BCUT2D eigenvalue weighted by molar-refractivity contribution is 7.92. The third-order valence-corrected chi connectivity index (χ3v) is 6.12. The fraction of sp³-hybridized carbons (Fsp3) is 0.917. The zero-order valence-corrected chi connectivity index (χ0v) is 11.7. The Kier molecular flexibility index (Phi) is 4.27. The van der Waals surface area contributed by atoms with Crippen molar-refractivity contribution in [2.75, 3.05) is 25.9 Å². The molecule has 2 fully saturated rings. The molecule has 0 aromatic rings. The Morgan fingerprint density at radius 3 is 2.72 bits per heavy atom. The third kappa shape index (κ3) is 2.69. The van der Waals surface area contributed by atoms with Crippen LogP contribution in [0.25, 0.3) is 0 Å². The van der Waals surface area contributed by atoms with E-state index < -0.39 is 15.1 Å². The quantitative estimate of drug-likeness (QED) is 0.796. The molecule has 0 bridgehead atoms. The lowest BCUT2D eigenvalue weighted by Gasteiger charge is -2.30. The molecule has 18 heavy (non-hydrogen) atoms. The molecule has 104 valence electrons. The van der Waals surface area contributed by atoms with Crippen LogP contribution in [0.15, 0.2) is 0 Å². The van der Waals surface area contributed by atoms with Gasteiger partial charge in [0.15, 0.2) is 9.84 Å². The van der Waals surface area contributed by atoms with Crippen molar-refractivity contribution in [3.8, 4) is 0 Å². The SMILES string of the molecule is CNCC1CCCN1C(=O)C1CCCCS1(=O)=O. The monoisotopic (exact) mass is 274 g/mol. The van der Waals surface area contributed by atoms with Crippen LogP contribution in [0.5, 0.6) is 0 Å². The van der Waals surface area contributed by atoms with Gasteiger partial charge in [0.1, 0.15) is 5.25 Å². The van der Waals surface area contributed by atoms with Gasteiger partial charge in [-0.15, -0.1) is 0 Å². The highest BCUT2D eigenvalue weighted by Crippen LogP contribution is 2.25. The molecule has 0 radical (unpaired) electrons. The summed E-state index contributed by atoms with van der Waals surface area (Å²) in [6.45, 7) is 1.45. The number of likely N-dealkylation sites (tertiary alicyclic amines) is 1. The van der Waals surface area contributed by atoms with Crippen LogP contribution in [0.1, 0.15) is 32.1 Å². The topological polar surface area (TPSA) is 66.5 Å². The van der Waals surface area contributed by atoms with Crippen molar-refractivity contribution in [1.29, 1.82) is 0 Å². The number of sulfone groups is 1. The van der Waals surface area contributed by atoms with Gasteiger partial charge in [0, 0.05) is 19.1 Å². The van der Waals surface area contributed by atoms with E-state index in [1.165, 1.54) is 0 Å². The molecule has 2 saturated heterocycles. The second-order valence-corrected chi connectivity index (χ2v) is 7.54. The van der Waals surface area contributed by atoms with Gasteiger partial charge in [-0.2, -0.15) is 0 Å². The predicted octanol–water partition coefficient (Wildman–Crippen LogP) is 0.164. The molecule has 2 aliphatic heterocycles. The van der Waals surface area contributed by atoms with E-state index in [4.69, 9.17) is 0 Å². The standard InChI is InChI=1S/C12H22N2O3S/c1-13-9-10-5-4-7-14(10)12(15)11-6-2-3-8-18(11,16)17/h10-11,13H,2-9H2,1H3. The van der Waals surface area contributed by atoms with Crippen LogP contribution in [0, 0.1) is 0 Å². The molecule has 2 atom stereocenters. The molecule has 0 aliphatic carbocycles. The first-order valence-corrected chi connectivity index (χ1v) is 8.44. The number of hydrogen-bond acceptors (Lipinski definition) is 4. The van der Waals surface area contributed by atoms with E-state index in [0.29, 0.717) is 19.4 Å². The number of hydrogen-bond donors (Lipinski definition) is 1. The lowest BCUT2D eigenvalue weighted by Crippen LogP contribution is -2.49. The number of likely N-dealkylation sites (N-methyl/N-ethyl adjacent to an activating group) is 1. The van der Waals surface area contributed by atoms with E-state index in [0.717, 1.165) is 25.8 Å². The lowest BCUT2D eigenvalue weighted by molar-refractivity contribution is -0.131. The van der Waals surface area contributed by atoms with Gasteiger partial charge < -0.3 is 10.2 Å². The van der Waals surface area contributed by atoms with Crippen molar-refractivity contribution in [1.82, 2.24) is 10.2 Å². The van der Waals surface area contributed by atoms with Gasteiger partial charge >= 0.3 is 0 Å². The Hall–Kier alpha value is -0.620. The lowest BCUT2D eigenvalue weighted by atomic mass is 10.1. The van der Waals surface area contributed by atoms with Crippen LogP contribution in [-0.2, 0) is 14.6 Å². The number of carbonyl (C=O) groups excluding carboxylic acids is 1. The summed E-state index contributed by atoms with van der Waals surface area (Å²) in [6.07, 6.45) is 4.00. The van der Waals surface area contributed by atoms with Gasteiger partial charge in [-0.1, -0.05) is 6.42 Å². The Labute approximate surface area is 109 Å². The molecule has 0 aromatic carbocycles. The van der Waals surface area contributed by atoms with Crippen LogP contribution < -0.4 is 5.32 Å². The smallest absolute Gasteiger partial charge is 0.241 e. The van der Waals surface area contributed by atoms with Crippen LogP contribution >= 0.6 is 0 Å². The van der Waals surface area contributed by atoms with Crippen molar-refractivity contribution < 1.29 is 13.2 Å². The summed E-state index contributed by atoms with van der Waals surface area (Å²) in [5.41, 5.74) is 0. The number of rotatable bonds is 3. The van der Waals surface area contributed by atoms with E-state index in [-0.39, 0.29) is 17.7 Å². The highest BCUT2D eigenvalue weighted by Gasteiger charge is 2.40. The van der Waals surface area contributed by atoms with Crippen LogP contribution in [0.2, 0.25) is 0 Å². The van der Waals surface area contributed by atoms with Crippen LogP contribution in [0.3, 0.4) is 0 Å². The minimum Gasteiger partial charge on any atom is -0.337 e. The maximum Gasteiger partial charge on any atom is 0.241 e. The molecular weight excluding hydrogens is 252 g/mol. The Balaban J connectivity index is 2.10. The van der Waals surface area contributed by atoms with Crippen LogP contribution in [0.4, 0.5) is 0 Å². The van der Waals surface area contributed by atoms with Crippen molar-refractivity contribution >= 4 is 15.7 Å². The second-order valence-electron chi connectivity index (χ2n) is 5.24. The summed E-state index contributed by atoms with van der Waals surface area (Å²) >= 11 is 0. The Morgan fingerprint density at radius 2 is 2.06 bits per heavy atom. The zero-order chi connectivity index (χ0) is 13.2. The molecule has 6 heteroatoms. The van der Waals surface area contributed by atoms with Gasteiger partial charge in [0.25, 0.3) is 0 Å². The minimum absolute atomic E-state index is 0.160. The first-order valence-electron chi connectivity index (χ1n) is 6.73. The largest absolute Gasteiger partial charge is 0.337 e. The number of carbonyl (C=O) groups is 1. The number of nitrogens with one attached hydrogen (secondary N) is 1. The van der Waals surface area contributed by atoms with Crippen molar-refractivity contribution in [3.63, 3.8) is 0 Å². The van der Waals surface area contributed by atoms with Crippen molar-refractivity contribution in [2.24, 2.45) is 0 Å². The van der Waals surface area contributed by atoms with E-state index in [1.54, 1.807) is 4.90 Å². The zero-order valence-electron chi connectivity index (χ0n) is 10.9. The van der Waals surface area contributed by atoms with Crippen molar-refractivity contribution in [3.05, 3.63) is 0 Å². The fourth-order valence-electron chi connectivity index (χ4n) is 2.99. The Morgan fingerprint density at radius 1 is 1.28 bits per heavy atom.